The van der Waals surface area contributed by atoms with Crippen molar-refractivity contribution in [1.29, 1.82) is 0 Å². The Morgan fingerprint density at radius 2 is 1.90 bits per heavy atom. The van der Waals surface area contributed by atoms with Crippen LogP contribution in [0, 0.1) is 11.8 Å². The number of likely N-dealkylation sites (tertiary alicyclic amines) is 1. The molecule has 0 aromatic heterocycles. The molecule has 0 radical (unpaired) electrons. The van der Waals surface area contributed by atoms with Crippen LogP contribution in [-0.2, 0) is 6.54 Å². The zero-order valence-electron chi connectivity index (χ0n) is 18.7. The van der Waals surface area contributed by atoms with Crippen LogP contribution in [0.3, 0.4) is 0 Å². The molecule has 1 aliphatic heterocycles. The molecular weight excluding hydrogens is 511 g/mol. The molecule has 172 valence electrons. The molecule has 1 saturated heterocycles. The number of halogens is 2. The first-order valence-electron chi connectivity index (χ1n) is 11.1. The van der Waals surface area contributed by atoms with Crippen molar-refractivity contribution in [3.63, 3.8) is 0 Å². The Balaban J connectivity index is 0.00000450. The first kappa shape index (κ1) is 27.5. The maximum atomic E-state index is 9.33. The second-order valence-electron chi connectivity index (χ2n) is 8.55. The lowest BCUT2D eigenvalue weighted by Crippen LogP contribution is -2.48. The molecule has 1 atom stereocenters. The average molecular weight is 551 g/mol. The summed E-state index contributed by atoms with van der Waals surface area (Å²) in [4.78, 5) is 7.34. The van der Waals surface area contributed by atoms with E-state index in [4.69, 9.17) is 16.6 Å². The topological polar surface area (TPSA) is 59.9 Å². The molecule has 1 fully saturated rings. The summed E-state index contributed by atoms with van der Waals surface area (Å²) < 4.78 is 0. The van der Waals surface area contributed by atoms with Crippen LogP contribution in [0.2, 0.25) is 5.02 Å². The van der Waals surface area contributed by atoms with Crippen molar-refractivity contribution >= 4 is 41.5 Å². The Morgan fingerprint density at radius 1 is 1.23 bits per heavy atom. The SMILES string of the molecule is CCNC(=NCC(CCO)CC(C)C)NC1CCN(Cc2ccc(Cl)cc2)CC1.I. The van der Waals surface area contributed by atoms with Crippen molar-refractivity contribution in [3.05, 3.63) is 34.9 Å². The number of nitrogens with one attached hydrogen (secondary N) is 2. The predicted molar refractivity (Wildman–Crippen MR) is 139 cm³/mol. The van der Waals surface area contributed by atoms with E-state index in [1.54, 1.807) is 0 Å². The molecular formula is C23H40ClIN4O. The third kappa shape index (κ3) is 10.6. The number of nitrogens with zero attached hydrogens (tertiary/aromatic N) is 2. The highest BCUT2D eigenvalue weighted by atomic mass is 127. The van der Waals surface area contributed by atoms with Gasteiger partial charge in [-0.15, -0.1) is 24.0 Å². The van der Waals surface area contributed by atoms with Gasteiger partial charge in [0.1, 0.15) is 0 Å². The van der Waals surface area contributed by atoms with Gasteiger partial charge >= 0.3 is 0 Å². The van der Waals surface area contributed by atoms with Crippen molar-refractivity contribution in [2.45, 2.75) is 59.0 Å². The zero-order valence-corrected chi connectivity index (χ0v) is 21.8. The highest BCUT2D eigenvalue weighted by molar-refractivity contribution is 14.0. The Kier molecular flexibility index (Phi) is 14.0. The van der Waals surface area contributed by atoms with E-state index in [0.29, 0.717) is 17.9 Å². The quantitative estimate of drug-likeness (QED) is 0.228. The van der Waals surface area contributed by atoms with Crippen LogP contribution in [0.1, 0.15) is 52.0 Å². The lowest BCUT2D eigenvalue weighted by molar-refractivity contribution is 0.198. The van der Waals surface area contributed by atoms with Crippen LogP contribution in [0.5, 0.6) is 0 Å². The molecule has 5 nitrogen and oxygen atoms in total. The summed E-state index contributed by atoms with van der Waals surface area (Å²) in [6, 6.07) is 8.61. The molecule has 1 heterocycles. The van der Waals surface area contributed by atoms with Crippen molar-refractivity contribution in [1.82, 2.24) is 15.5 Å². The minimum atomic E-state index is 0. The van der Waals surface area contributed by atoms with Crippen LogP contribution in [-0.4, -0.2) is 54.8 Å². The van der Waals surface area contributed by atoms with E-state index in [-0.39, 0.29) is 30.6 Å². The predicted octanol–water partition coefficient (Wildman–Crippen LogP) is 4.52. The van der Waals surface area contributed by atoms with Gasteiger partial charge in [-0.3, -0.25) is 9.89 Å². The van der Waals surface area contributed by atoms with Crippen molar-refractivity contribution in [3.8, 4) is 0 Å². The summed E-state index contributed by atoms with van der Waals surface area (Å²) in [5.41, 5.74) is 1.32. The van der Waals surface area contributed by atoms with Crippen LogP contribution in [0.4, 0.5) is 0 Å². The monoisotopic (exact) mass is 550 g/mol. The van der Waals surface area contributed by atoms with Gasteiger partial charge in [0.2, 0.25) is 0 Å². The van der Waals surface area contributed by atoms with Crippen LogP contribution in [0.15, 0.2) is 29.3 Å². The van der Waals surface area contributed by atoms with Crippen LogP contribution < -0.4 is 10.6 Å². The second kappa shape index (κ2) is 15.3. The van der Waals surface area contributed by atoms with E-state index < -0.39 is 0 Å². The first-order chi connectivity index (χ1) is 14.0. The largest absolute Gasteiger partial charge is 0.396 e. The van der Waals surface area contributed by atoms with Crippen molar-refractivity contribution in [2.24, 2.45) is 16.8 Å². The van der Waals surface area contributed by atoms with E-state index in [1.165, 1.54) is 5.56 Å². The lowest BCUT2D eigenvalue weighted by atomic mass is 9.94. The summed E-state index contributed by atoms with van der Waals surface area (Å²) >= 11 is 5.98. The van der Waals surface area contributed by atoms with Gasteiger partial charge in [-0.1, -0.05) is 37.6 Å². The number of aliphatic hydroxyl groups excluding tert-OH is 1. The smallest absolute Gasteiger partial charge is 0.191 e. The molecule has 30 heavy (non-hydrogen) atoms. The van der Waals surface area contributed by atoms with Crippen molar-refractivity contribution < 1.29 is 5.11 Å². The molecule has 0 saturated carbocycles. The Labute approximate surface area is 205 Å². The third-order valence-corrected chi connectivity index (χ3v) is 5.69. The van der Waals surface area contributed by atoms with Gasteiger partial charge in [0.15, 0.2) is 5.96 Å². The highest BCUT2D eigenvalue weighted by Gasteiger charge is 2.20. The fraction of sp³-hybridized carbons (Fsp3) is 0.696. The van der Waals surface area contributed by atoms with Crippen LogP contribution in [0.25, 0.3) is 0 Å². The molecule has 1 aliphatic rings. The van der Waals surface area contributed by atoms with Gasteiger partial charge in [0.25, 0.3) is 0 Å². The Bertz CT molecular complexity index is 604. The second-order valence-corrected chi connectivity index (χ2v) is 8.99. The fourth-order valence-electron chi connectivity index (χ4n) is 3.95. The number of hydrogen-bond donors (Lipinski definition) is 3. The number of piperidine rings is 1. The van der Waals surface area contributed by atoms with Gasteiger partial charge < -0.3 is 15.7 Å². The highest BCUT2D eigenvalue weighted by Crippen LogP contribution is 2.17. The molecule has 0 amide bonds. The summed E-state index contributed by atoms with van der Waals surface area (Å²) in [5, 5.41) is 17.1. The average Bonchev–Trinajstić information content (AvgIpc) is 2.69. The van der Waals surface area contributed by atoms with Gasteiger partial charge in [0.05, 0.1) is 0 Å². The number of guanidine groups is 1. The number of rotatable bonds is 10. The Morgan fingerprint density at radius 3 is 2.47 bits per heavy atom. The van der Waals surface area contributed by atoms with Gasteiger partial charge in [0, 0.05) is 50.4 Å². The summed E-state index contributed by atoms with van der Waals surface area (Å²) in [6.45, 7) is 11.6. The number of aliphatic hydroxyl groups is 1. The molecule has 1 aromatic carbocycles. The molecule has 2 rings (SSSR count). The van der Waals surface area contributed by atoms with Gasteiger partial charge in [-0.25, -0.2) is 0 Å². The van der Waals surface area contributed by atoms with E-state index in [1.807, 2.05) is 12.1 Å². The maximum Gasteiger partial charge on any atom is 0.191 e. The molecule has 1 unspecified atom stereocenters. The number of benzene rings is 1. The third-order valence-electron chi connectivity index (χ3n) is 5.44. The van der Waals surface area contributed by atoms with Crippen molar-refractivity contribution in [2.75, 3.05) is 32.8 Å². The maximum absolute atomic E-state index is 9.33. The van der Waals surface area contributed by atoms with Gasteiger partial charge in [-0.2, -0.15) is 0 Å². The minimum Gasteiger partial charge on any atom is -0.396 e. The zero-order chi connectivity index (χ0) is 21.1. The molecule has 0 spiro atoms. The molecule has 0 bridgehead atoms. The summed E-state index contributed by atoms with van der Waals surface area (Å²) in [6.07, 6.45) is 4.16. The number of hydrogen-bond acceptors (Lipinski definition) is 3. The van der Waals surface area contributed by atoms with E-state index in [0.717, 1.165) is 69.4 Å². The van der Waals surface area contributed by atoms with E-state index in [9.17, 15) is 5.11 Å². The standard InChI is InChI=1S/C23H39ClN4O.HI/c1-4-25-23(26-16-20(11-14-29)15-18(2)3)27-22-9-12-28(13-10-22)17-19-5-7-21(24)8-6-19;/h5-8,18,20,22,29H,4,9-17H2,1-3H3,(H2,25,26,27);1H. The lowest BCUT2D eigenvalue weighted by Gasteiger charge is -2.33. The van der Waals surface area contributed by atoms with E-state index >= 15 is 0 Å². The van der Waals surface area contributed by atoms with Crippen LogP contribution >= 0.6 is 35.6 Å². The number of aliphatic imine (C=N–C) groups is 1. The molecule has 1 aromatic rings. The Hall–Kier alpha value is -0.570. The molecule has 0 aliphatic carbocycles. The summed E-state index contributed by atoms with van der Waals surface area (Å²) in [5.74, 6) is 1.98. The van der Waals surface area contributed by atoms with Gasteiger partial charge in [-0.05, 0) is 62.1 Å². The summed E-state index contributed by atoms with van der Waals surface area (Å²) in [7, 11) is 0. The minimum absolute atomic E-state index is 0. The molecule has 3 N–H and O–H groups in total. The first-order valence-corrected chi connectivity index (χ1v) is 11.5. The fourth-order valence-corrected chi connectivity index (χ4v) is 4.08. The normalized spacial score (nSPS) is 16.9. The molecule has 7 heteroatoms. The van der Waals surface area contributed by atoms with E-state index in [2.05, 4.69) is 48.4 Å².